The zero-order chi connectivity index (χ0) is 25.7. The molecule has 0 radical (unpaired) electrons. The Kier molecular flexibility index (Phi) is 8.39. The molecule has 1 aliphatic rings. The van der Waals surface area contributed by atoms with Crippen LogP contribution in [0.15, 0.2) is 35.3 Å². The number of benzene rings is 2. The van der Waals surface area contributed by atoms with Crippen LogP contribution in [0, 0.1) is 17.0 Å². The molecule has 190 valence electrons. The highest BCUT2D eigenvalue weighted by molar-refractivity contribution is 5.95. The molecule has 1 aliphatic heterocycles. The van der Waals surface area contributed by atoms with Crippen LogP contribution < -0.4 is 25.6 Å². The topological polar surface area (TPSA) is 112 Å². The number of nitrogens with one attached hydrogen (secondary N) is 1. The number of hydrogen-bond donors (Lipinski definition) is 2. The van der Waals surface area contributed by atoms with Crippen molar-refractivity contribution in [1.29, 1.82) is 0 Å². The maximum Gasteiger partial charge on any atom is 0.294 e. The molecule has 0 spiro atoms. The van der Waals surface area contributed by atoms with Crippen LogP contribution in [0.5, 0.6) is 5.75 Å². The normalized spacial score (nSPS) is 14.5. The van der Waals surface area contributed by atoms with E-state index in [9.17, 15) is 10.1 Å². The SMILES string of the molecule is COc1cc(N(C)CCN(C)C)c([N+](=O)[O-])cc1N/C(N)=N/C(C)N1CCCc2cccc(C)c21. The molecular formula is C25H37N7O3. The Morgan fingerprint density at radius 2 is 2.06 bits per heavy atom. The molecule has 0 saturated heterocycles. The molecule has 0 saturated carbocycles. The van der Waals surface area contributed by atoms with Crippen LogP contribution in [-0.4, -0.2) is 69.8 Å². The van der Waals surface area contributed by atoms with Crippen molar-refractivity contribution in [2.75, 3.05) is 63.0 Å². The highest BCUT2D eigenvalue weighted by Crippen LogP contribution is 2.38. The molecule has 0 amide bonds. The molecule has 10 nitrogen and oxygen atoms in total. The van der Waals surface area contributed by atoms with E-state index in [1.807, 2.05) is 37.9 Å². The zero-order valence-corrected chi connectivity index (χ0v) is 21.5. The molecule has 3 rings (SSSR count). The highest BCUT2D eigenvalue weighted by atomic mass is 16.6. The molecule has 10 heteroatoms. The number of nitrogens with two attached hydrogens (primary N) is 1. The third kappa shape index (κ3) is 6.13. The fraction of sp³-hybridized carbons (Fsp3) is 0.480. The summed E-state index contributed by atoms with van der Waals surface area (Å²) in [7, 11) is 7.28. The van der Waals surface area contributed by atoms with Gasteiger partial charge >= 0.3 is 0 Å². The lowest BCUT2D eigenvalue weighted by atomic mass is 9.98. The number of ether oxygens (including phenoxy) is 1. The van der Waals surface area contributed by atoms with Crippen molar-refractivity contribution in [2.24, 2.45) is 10.7 Å². The van der Waals surface area contributed by atoms with E-state index >= 15 is 0 Å². The number of nitrogens with zero attached hydrogens (tertiary/aromatic N) is 5. The van der Waals surface area contributed by atoms with Gasteiger partial charge in [0, 0.05) is 44.5 Å². The third-order valence-electron chi connectivity index (χ3n) is 6.28. The van der Waals surface area contributed by atoms with Gasteiger partial charge in [-0.15, -0.1) is 0 Å². The maximum absolute atomic E-state index is 11.9. The summed E-state index contributed by atoms with van der Waals surface area (Å²) in [5.41, 5.74) is 10.8. The molecule has 2 aromatic rings. The molecule has 0 fully saturated rings. The number of hydrogen-bond acceptors (Lipinski definition) is 7. The molecule has 2 aromatic carbocycles. The molecule has 35 heavy (non-hydrogen) atoms. The zero-order valence-electron chi connectivity index (χ0n) is 21.5. The summed E-state index contributed by atoms with van der Waals surface area (Å²) < 4.78 is 5.54. The fourth-order valence-corrected chi connectivity index (χ4v) is 4.45. The van der Waals surface area contributed by atoms with Crippen LogP contribution in [0.4, 0.5) is 22.7 Å². The molecular weight excluding hydrogens is 446 g/mol. The third-order valence-corrected chi connectivity index (χ3v) is 6.28. The predicted molar refractivity (Wildman–Crippen MR) is 143 cm³/mol. The van der Waals surface area contributed by atoms with Crippen molar-refractivity contribution in [1.82, 2.24) is 4.90 Å². The van der Waals surface area contributed by atoms with Gasteiger partial charge in [0.05, 0.1) is 17.7 Å². The van der Waals surface area contributed by atoms with E-state index in [0.717, 1.165) is 25.9 Å². The number of likely N-dealkylation sites (N-methyl/N-ethyl adjacent to an activating group) is 2. The van der Waals surface area contributed by atoms with E-state index < -0.39 is 4.92 Å². The Labute approximate surface area is 207 Å². The Morgan fingerprint density at radius 1 is 1.31 bits per heavy atom. The van der Waals surface area contributed by atoms with Gasteiger partial charge in [-0.05, 0) is 51.9 Å². The summed E-state index contributed by atoms with van der Waals surface area (Å²) >= 11 is 0. The summed E-state index contributed by atoms with van der Waals surface area (Å²) in [6, 6.07) is 9.47. The monoisotopic (exact) mass is 483 g/mol. The minimum Gasteiger partial charge on any atom is -0.494 e. The van der Waals surface area contributed by atoms with Gasteiger partial charge in [0.25, 0.3) is 5.69 Å². The van der Waals surface area contributed by atoms with Gasteiger partial charge < -0.3 is 30.5 Å². The van der Waals surface area contributed by atoms with Crippen molar-refractivity contribution in [2.45, 2.75) is 32.9 Å². The van der Waals surface area contributed by atoms with Gasteiger partial charge in [0.1, 0.15) is 17.6 Å². The first-order chi connectivity index (χ1) is 16.6. The van der Waals surface area contributed by atoms with Crippen molar-refractivity contribution < 1.29 is 9.66 Å². The quantitative estimate of drug-likeness (QED) is 0.241. The molecule has 1 unspecified atom stereocenters. The van der Waals surface area contributed by atoms with E-state index in [2.05, 4.69) is 40.3 Å². The van der Waals surface area contributed by atoms with E-state index in [4.69, 9.17) is 10.5 Å². The van der Waals surface area contributed by atoms with E-state index in [1.54, 1.807) is 6.07 Å². The Morgan fingerprint density at radius 3 is 2.71 bits per heavy atom. The number of fused-ring (bicyclic) bond motifs is 1. The summed E-state index contributed by atoms with van der Waals surface area (Å²) in [6.45, 7) is 6.38. The average molecular weight is 484 g/mol. The molecule has 1 heterocycles. The lowest BCUT2D eigenvalue weighted by Crippen LogP contribution is -2.39. The molecule has 0 aliphatic carbocycles. The van der Waals surface area contributed by atoms with Gasteiger partial charge in [-0.25, -0.2) is 4.99 Å². The number of anilines is 3. The van der Waals surface area contributed by atoms with Gasteiger partial charge in [-0.3, -0.25) is 10.1 Å². The summed E-state index contributed by atoms with van der Waals surface area (Å²) in [5, 5.41) is 14.9. The van der Waals surface area contributed by atoms with Crippen LogP contribution in [0.1, 0.15) is 24.5 Å². The van der Waals surface area contributed by atoms with Crippen LogP contribution >= 0.6 is 0 Å². The molecule has 1 atom stereocenters. The van der Waals surface area contributed by atoms with Crippen molar-refractivity contribution in [3.8, 4) is 5.75 Å². The van der Waals surface area contributed by atoms with Crippen LogP contribution in [-0.2, 0) is 6.42 Å². The second-order valence-corrected chi connectivity index (χ2v) is 9.17. The number of aryl methyl sites for hydroxylation is 2. The first-order valence-electron chi connectivity index (χ1n) is 11.8. The highest BCUT2D eigenvalue weighted by Gasteiger charge is 2.24. The Balaban J connectivity index is 1.87. The van der Waals surface area contributed by atoms with Crippen LogP contribution in [0.2, 0.25) is 0 Å². The fourth-order valence-electron chi connectivity index (χ4n) is 4.45. The Hall–Kier alpha value is -3.53. The lowest BCUT2D eigenvalue weighted by Gasteiger charge is -2.35. The number of nitro groups is 1. The Bertz CT molecular complexity index is 1090. The predicted octanol–water partition coefficient (Wildman–Crippen LogP) is 3.44. The molecule has 0 bridgehead atoms. The summed E-state index contributed by atoms with van der Waals surface area (Å²) in [4.78, 5) is 22.3. The van der Waals surface area contributed by atoms with E-state index in [1.165, 1.54) is 30.0 Å². The number of aliphatic imine (C=N–C) groups is 1. The van der Waals surface area contributed by atoms with Crippen molar-refractivity contribution >= 4 is 28.7 Å². The first-order valence-corrected chi connectivity index (χ1v) is 11.8. The second kappa shape index (κ2) is 11.3. The van der Waals surface area contributed by atoms with Gasteiger partial charge in [0.2, 0.25) is 0 Å². The van der Waals surface area contributed by atoms with Gasteiger partial charge in [-0.2, -0.15) is 0 Å². The number of methoxy groups -OCH3 is 1. The standard InChI is InChI=1S/C25H37N7O3/c1-17-9-7-10-19-11-8-12-31(24(17)19)18(2)27-25(26)28-20-15-22(32(33)34)21(16-23(20)35-6)30(5)14-13-29(3)4/h7,9-10,15-16,18H,8,11-14H2,1-6H3,(H3,26,27,28). The number of guanidine groups is 1. The first kappa shape index (κ1) is 26.1. The maximum atomic E-state index is 11.9. The number of nitro benzene ring substituents is 1. The van der Waals surface area contributed by atoms with E-state index in [-0.39, 0.29) is 17.8 Å². The van der Waals surface area contributed by atoms with Gasteiger partial charge in [0.15, 0.2) is 5.96 Å². The van der Waals surface area contributed by atoms with Crippen molar-refractivity contribution in [3.63, 3.8) is 0 Å². The molecule has 0 aromatic heterocycles. The number of rotatable bonds is 9. The largest absolute Gasteiger partial charge is 0.494 e. The smallest absolute Gasteiger partial charge is 0.294 e. The van der Waals surface area contributed by atoms with E-state index in [0.29, 0.717) is 23.7 Å². The lowest BCUT2D eigenvalue weighted by molar-refractivity contribution is -0.384. The summed E-state index contributed by atoms with van der Waals surface area (Å²) in [5.74, 6) is 0.617. The van der Waals surface area contributed by atoms with Crippen LogP contribution in [0.25, 0.3) is 0 Å². The minimum atomic E-state index is -0.393. The summed E-state index contributed by atoms with van der Waals surface area (Å²) in [6.07, 6.45) is 1.89. The van der Waals surface area contributed by atoms with Crippen LogP contribution in [0.3, 0.4) is 0 Å². The second-order valence-electron chi connectivity index (χ2n) is 9.17. The minimum absolute atomic E-state index is 0.0315. The molecule has 3 N–H and O–H groups in total. The average Bonchev–Trinajstić information content (AvgIpc) is 2.81. The van der Waals surface area contributed by atoms with Gasteiger partial charge in [-0.1, -0.05) is 18.2 Å². The number of para-hydroxylation sites is 1. The van der Waals surface area contributed by atoms with Crippen molar-refractivity contribution in [3.05, 3.63) is 51.6 Å².